The lowest BCUT2D eigenvalue weighted by Gasteiger charge is -2.35. The third-order valence-electron chi connectivity index (χ3n) is 7.42. The van der Waals surface area contributed by atoms with Gasteiger partial charge in [0.2, 0.25) is 0 Å². The molecule has 1 aromatic heterocycles. The van der Waals surface area contributed by atoms with Crippen molar-refractivity contribution < 1.29 is 5.11 Å². The molecule has 1 saturated carbocycles. The summed E-state index contributed by atoms with van der Waals surface area (Å²) in [7, 11) is 0. The third kappa shape index (κ3) is 3.17. The number of piperidine rings is 1. The molecule has 1 saturated heterocycles. The summed E-state index contributed by atoms with van der Waals surface area (Å²) in [6.45, 7) is 3.10. The van der Waals surface area contributed by atoms with Crippen molar-refractivity contribution in [3.63, 3.8) is 0 Å². The molecule has 30 heavy (non-hydrogen) atoms. The van der Waals surface area contributed by atoms with Gasteiger partial charge in [0.25, 0.3) is 0 Å². The molecule has 3 heteroatoms. The number of hydrogen-bond donors (Lipinski definition) is 1. The Bertz CT molecular complexity index is 1100. The van der Waals surface area contributed by atoms with E-state index in [1.165, 1.54) is 22.8 Å². The highest BCUT2D eigenvalue weighted by Crippen LogP contribution is 2.55. The first-order valence-corrected chi connectivity index (χ1v) is 11.3. The van der Waals surface area contributed by atoms with Gasteiger partial charge in [-0.25, -0.2) is 0 Å². The number of aliphatic hydroxyl groups is 1. The first kappa shape index (κ1) is 18.3. The van der Waals surface area contributed by atoms with Crippen molar-refractivity contribution in [2.75, 3.05) is 13.1 Å². The number of pyridine rings is 1. The largest absolute Gasteiger partial charge is 0.387 e. The molecule has 3 unspecified atom stereocenters. The fraction of sp³-hybridized carbons (Fsp3) is 0.370. The van der Waals surface area contributed by atoms with Gasteiger partial charge in [0, 0.05) is 12.7 Å². The van der Waals surface area contributed by atoms with Crippen LogP contribution in [0.1, 0.15) is 53.7 Å². The first-order chi connectivity index (χ1) is 14.8. The average Bonchev–Trinajstić information content (AvgIpc) is 3.59. The number of likely N-dealkylation sites (tertiary alicyclic amines) is 1. The van der Waals surface area contributed by atoms with Crippen molar-refractivity contribution in [1.29, 1.82) is 0 Å². The van der Waals surface area contributed by atoms with Crippen molar-refractivity contribution in [2.45, 2.75) is 37.8 Å². The van der Waals surface area contributed by atoms with Gasteiger partial charge < -0.3 is 5.11 Å². The van der Waals surface area contributed by atoms with Crippen LogP contribution in [0.3, 0.4) is 0 Å². The second-order valence-electron chi connectivity index (χ2n) is 9.26. The summed E-state index contributed by atoms with van der Waals surface area (Å²) in [6.07, 6.45) is 9.46. The van der Waals surface area contributed by atoms with Crippen LogP contribution in [0.4, 0.5) is 0 Å². The highest BCUT2D eigenvalue weighted by Gasteiger charge is 2.41. The molecule has 0 amide bonds. The maximum absolute atomic E-state index is 10.8. The molecule has 1 aliphatic heterocycles. The number of nitrogens with zero attached hydrogens (tertiary/aromatic N) is 2. The number of allylic oxidation sites excluding steroid dienone is 1. The van der Waals surface area contributed by atoms with Crippen molar-refractivity contribution in [3.8, 4) is 0 Å². The molecule has 6 rings (SSSR count). The van der Waals surface area contributed by atoms with Gasteiger partial charge in [-0.1, -0.05) is 42.5 Å². The Morgan fingerprint density at radius 3 is 2.73 bits per heavy atom. The van der Waals surface area contributed by atoms with E-state index >= 15 is 0 Å². The Labute approximate surface area is 178 Å². The lowest BCUT2D eigenvalue weighted by atomic mass is 9.86. The molecule has 3 aliphatic rings. The van der Waals surface area contributed by atoms with Gasteiger partial charge in [-0.3, -0.25) is 9.88 Å². The topological polar surface area (TPSA) is 36.4 Å². The summed E-state index contributed by atoms with van der Waals surface area (Å²) in [5.41, 5.74) is 5.40. The van der Waals surface area contributed by atoms with Crippen molar-refractivity contribution >= 4 is 16.8 Å². The summed E-state index contributed by atoms with van der Waals surface area (Å²) >= 11 is 0. The Morgan fingerprint density at radius 2 is 1.90 bits per heavy atom. The zero-order valence-corrected chi connectivity index (χ0v) is 17.2. The SMILES string of the molecule is OC(c1ccccn1)C1CCN(Cc2c3c(cc4ccccc24)C=CC2CC32)CC1. The van der Waals surface area contributed by atoms with E-state index in [1.807, 2.05) is 18.2 Å². The summed E-state index contributed by atoms with van der Waals surface area (Å²) in [5, 5.41) is 13.6. The van der Waals surface area contributed by atoms with Gasteiger partial charge in [-0.15, -0.1) is 0 Å². The number of aromatic nitrogens is 1. The number of benzene rings is 2. The molecule has 2 aliphatic carbocycles. The maximum Gasteiger partial charge on any atom is 0.0988 e. The van der Waals surface area contributed by atoms with Gasteiger partial charge in [0.1, 0.15) is 0 Å². The van der Waals surface area contributed by atoms with Gasteiger partial charge in [0.15, 0.2) is 0 Å². The molecule has 0 spiro atoms. The summed E-state index contributed by atoms with van der Waals surface area (Å²) in [4.78, 5) is 6.96. The molecular weight excluding hydrogens is 368 g/mol. The average molecular weight is 397 g/mol. The van der Waals surface area contributed by atoms with Crippen LogP contribution in [0.25, 0.3) is 16.8 Å². The van der Waals surface area contributed by atoms with E-state index in [2.05, 4.69) is 52.4 Å². The van der Waals surface area contributed by atoms with Crippen LogP contribution in [0.15, 0.2) is 60.8 Å². The summed E-state index contributed by atoms with van der Waals surface area (Å²) in [6, 6.07) is 17.1. The van der Waals surface area contributed by atoms with Crippen LogP contribution in [-0.4, -0.2) is 28.1 Å². The zero-order valence-electron chi connectivity index (χ0n) is 17.2. The predicted octanol–water partition coefficient (Wildman–Crippen LogP) is 5.31. The molecule has 152 valence electrons. The standard InChI is InChI=1S/C27H28N2O/c30-27(25-7-3-4-12-28-25)18-10-13-29(14-11-18)17-24-22-6-2-1-5-19(22)15-21-9-8-20-16-23(20)26(21)24/h1-9,12,15,18,20,23,27,30H,10-11,13-14,16-17H2. The highest BCUT2D eigenvalue weighted by atomic mass is 16.3. The van der Waals surface area contributed by atoms with E-state index in [9.17, 15) is 5.11 Å². The molecule has 2 fully saturated rings. The van der Waals surface area contributed by atoms with Crippen LogP contribution in [-0.2, 0) is 6.54 Å². The zero-order chi connectivity index (χ0) is 20.1. The number of hydrogen-bond acceptors (Lipinski definition) is 3. The van der Waals surface area contributed by atoms with Crippen LogP contribution < -0.4 is 0 Å². The van der Waals surface area contributed by atoms with Crippen LogP contribution in [0.5, 0.6) is 0 Å². The predicted molar refractivity (Wildman–Crippen MR) is 121 cm³/mol. The van der Waals surface area contributed by atoms with Crippen LogP contribution in [0, 0.1) is 11.8 Å². The highest BCUT2D eigenvalue weighted by molar-refractivity contribution is 5.90. The molecule has 0 radical (unpaired) electrons. The van der Waals surface area contributed by atoms with Crippen molar-refractivity contribution in [3.05, 3.63) is 83.2 Å². The van der Waals surface area contributed by atoms with Gasteiger partial charge in [-0.05, 0) is 95.8 Å². The molecule has 1 N–H and O–H groups in total. The van der Waals surface area contributed by atoms with Crippen molar-refractivity contribution in [2.24, 2.45) is 11.8 Å². The van der Waals surface area contributed by atoms with E-state index in [0.29, 0.717) is 5.92 Å². The van der Waals surface area contributed by atoms with E-state index in [1.54, 1.807) is 17.3 Å². The van der Waals surface area contributed by atoms with Crippen LogP contribution in [0.2, 0.25) is 0 Å². The molecule has 3 nitrogen and oxygen atoms in total. The fourth-order valence-electron chi connectivity index (χ4n) is 5.64. The van der Waals surface area contributed by atoms with E-state index in [0.717, 1.165) is 50.0 Å². The lowest BCUT2D eigenvalue weighted by molar-refractivity contribution is 0.0540. The molecule has 3 atom stereocenters. The van der Waals surface area contributed by atoms with Gasteiger partial charge in [0.05, 0.1) is 11.8 Å². The second kappa shape index (κ2) is 7.33. The number of aliphatic hydroxyl groups excluding tert-OH is 1. The number of fused-ring (bicyclic) bond motifs is 4. The minimum atomic E-state index is -0.448. The second-order valence-corrected chi connectivity index (χ2v) is 9.26. The Balaban J connectivity index is 1.24. The summed E-state index contributed by atoms with van der Waals surface area (Å²) < 4.78 is 0. The van der Waals surface area contributed by atoms with E-state index in [4.69, 9.17) is 0 Å². The Morgan fingerprint density at radius 1 is 1.07 bits per heavy atom. The van der Waals surface area contributed by atoms with E-state index < -0.39 is 6.10 Å². The molecule has 2 heterocycles. The van der Waals surface area contributed by atoms with Gasteiger partial charge in [-0.2, -0.15) is 0 Å². The normalized spacial score (nSPS) is 24.4. The lowest BCUT2D eigenvalue weighted by Crippen LogP contribution is -2.35. The first-order valence-electron chi connectivity index (χ1n) is 11.3. The monoisotopic (exact) mass is 396 g/mol. The third-order valence-corrected chi connectivity index (χ3v) is 7.42. The smallest absolute Gasteiger partial charge is 0.0988 e. The molecule has 0 bridgehead atoms. The minimum absolute atomic E-state index is 0.299. The Kier molecular flexibility index (Phi) is 4.47. The Hall–Kier alpha value is -2.49. The number of rotatable bonds is 4. The van der Waals surface area contributed by atoms with E-state index in [-0.39, 0.29) is 0 Å². The molecular formula is C27H28N2O. The molecule has 3 aromatic rings. The van der Waals surface area contributed by atoms with Gasteiger partial charge >= 0.3 is 0 Å². The molecule has 2 aromatic carbocycles. The fourth-order valence-corrected chi connectivity index (χ4v) is 5.64. The van der Waals surface area contributed by atoms with Crippen LogP contribution >= 0.6 is 0 Å². The minimum Gasteiger partial charge on any atom is -0.387 e. The van der Waals surface area contributed by atoms with Crippen molar-refractivity contribution in [1.82, 2.24) is 9.88 Å². The summed E-state index contributed by atoms with van der Waals surface area (Å²) in [5.74, 6) is 1.79. The maximum atomic E-state index is 10.8. The quantitative estimate of drug-likeness (QED) is 0.649.